The molecule has 1 rings (SSSR count). The predicted molar refractivity (Wildman–Crippen MR) is 74.1 cm³/mol. The topological polar surface area (TPSA) is 66.4 Å². The Labute approximate surface area is 136 Å². The van der Waals surface area contributed by atoms with Crippen molar-refractivity contribution < 1.29 is 19.2 Å². The number of rotatable bonds is 3. The van der Waals surface area contributed by atoms with Crippen molar-refractivity contribution in [3.8, 4) is 0 Å². The molecule has 0 aromatic rings. The molecule has 96 valence electrons. The summed E-state index contributed by atoms with van der Waals surface area (Å²) >= 11 is 1.00. The van der Waals surface area contributed by atoms with Crippen molar-refractivity contribution in [2.24, 2.45) is 0 Å². The van der Waals surface area contributed by atoms with E-state index in [-0.39, 0.29) is 43.0 Å². The van der Waals surface area contributed by atoms with Crippen LogP contribution in [0.15, 0.2) is 12.7 Å². The molecule has 1 aliphatic heterocycles. The van der Waals surface area contributed by atoms with E-state index < -0.39 is 12.0 Å². The summed E-state index contributed by atoms with van der Waals surface area (Å²) in [5, 5.41) is 10.3. The Hall–Kier alpha value is 0.250. The second-order valence-corrected chi connectivity index (χ2v) is 5.39. The number of carboxylic acids is 1. The Morgan fingerprint density at radius 1 is 1.65 bits per heavy atom. The van der Waals surface area contributed by atoms with Gasteiger partial charge in [-0.15, -0.1) is 0 Å². The normalized spacial score (nSPS) is 18.3. The molecule has 2 N–H and O–H groups in total. The molecule has 5 nitrogen and oxygen atoms in total. The number of hydrogen-bond acceptors (Lipinski definition) is 3. The van der Waals surface area contributed by atoms with Crippen molar-refractivity contribution >= 4 is 60.7 Å². The Morgan fingerprint density at radius 2 is 2.18 bits per heavy atom. The van der Waals surface area contributed by atoms with E-state index in [0.29, 0.717) is 5.75 Å². The van der Waals surface area contributed by atoms with Crippen molar-refractivity contribution in [1.82, 2.24) is 5.32 Å². The van der Waals surface area contributed by atoms with Crippen LogP contribution >= 0.6 is 11.8 Å². The number of amides is 1. The van der Waals surface area contributed by atoms with Crippen LogP contribution in [0.1, 0.15) is 0 Å². The number of quaternary nitrogens is 1. The van der Waals surface area contributed by atoms with Gasteiger partial charge < -0.3 is 14.9 Å². The zero-order chi connectivity index (χ0) is 12.8. The van der Waals surface area contributed by atoms with E-state index in [9.17, 15) is 9.59 Å². The van der Waals surface area contributed by atoms with Gasteiger partial charge in [0.2, 0.25) is 0 Å². The Balaban J connectivity index is 0. The van der Waals surface area contributed by atoms with Crippen LogP contribution < -0.4 is 5.32 Å². The van der Waals surface area contributed by atoms with Gasteiger partial charge in [-0.3, -0.25) is 4.79 Å². The third-order valence-electron chi connectivity index (χ3n) is 1.65. The summed E-state index contributed by atoms with van der Waals surface area (Å²) in [5.41, 5.74) is 0. The van der Waals surface area contributed by atoms with Crippen LogP contribution in [0.2, 0.25) is 0 Å². The van der Waals surface area contributed by atoms with E-state index in [1.54, 1.807) is 0 Å². The summed E-state index contributed by atoms with van der Waals surface area (Å²) in [6.45, 7) is 4.67. The van der Waals surface area contributed by atoms with Gasteiger partial charge in [-0.1, -0.05) is 18.3 Å². The molecule has 1 saturated heterocycles. The Bertz CT molecular complexity index is 279. The molecule has 7 heteroatoms. The maximum absolute atomic E-state index is 10.3. The minimum atomic E-state index is -0.964. The van der Waals surface area contributed by atoms with Crippen molar-refractivity contribution in [2.75, 3.05) is 33.4 Å². The summed E-state index contributed by atoms with van der Waals surface area (Å²) in [6.07, 6.45) is 1.93. The van der Waals surface area contributed by atoms with Gasteiger partial charge in [-0.05, 0) is 6.08 Å². The van der Waals surface area contributed by atoms with Gasteiger partial charge in [-0.2, -0.15) is 0 Å². The molecule has 0 unspecified atom stereocenters. The predicted octanol–water partition coefficient (Wildman–Crippen LogP) is -0.142. The number of carbonyl (C=O) groups is 2. The van der Waals surface area contributed by atoms with E-state index in [4.69, 9.17) is 5.11 Å². The van der Waals surface area contributed by atoms with Crippen LogP contribution in [0.3, 0.4) is 0 Å². The van der Waals surface area contributed by atoms with Gasteiger partial charge in [0.25, 0.3) is 5.24 Å². The van der Waals surface area contributed by atoms with Crippen LogP contribution in [0.4, 0.5) is 4.79 Å². The number of aliphatic carboxylic acids is 1. The average Bonchev–Trinajstić information content (AvgIpc) is 2.50. The first kappa shape index (κ1) is 19.6. The summed E-state index contributed by atoms with van der Waals surface area (Å²) in [7, 11) is 6.42. The molecule has 1 atom stereocenters. The van der Waals surface area contributed by atoms with Crippen molar-refractivity contribution in [3.63, 3.8) is 0 Å². The van der Waals surface area contributed by atoms with Gasteiger partial charge in [-0.25, -0.2) is 4.79 Å². The van der Waals surface area contributed by atoms with E-state index in [1.807, 2.05) is 6.08 Å². The molecule has 0 radical (unpaired) electrons. The van der Waals surface area contributed by atoms with Gasteiger partial charge in [0, 0.05) is 5.75 Å². The van der Waals surface area contributed by atoms with Crippen LogP contribution in [0.25, 0.3) is 0 Å². The van der Waals surface area contributed by atoms with Gasteiger partial charge in [0.15, 0.2) is 0 Å². The van der Waals surface area contributed by atoms with Gasteiger partial charge in [0.05, 0.1) is 27.7 Å². The van der Waals surface area contributed by atoms with Crippen LogP contribution in [0.5, 0.6) is 0 Å². The molecular formula is C10H21CaN2O3S+. The molecule has 1 fully saturated rings. The summed E-state index contributed by atoms with van der Waals surface area (Å²) in [6, 6.07) is -0.678. The molecule has 1 aliphatic rings. The quantitative estimate of drug-likeness (QED) is 0.431. The standard InChI is InChI=1S/C6H14N.C4H5NO3S.Ca.2H/c1-5-6-7(2,3)4;6-3(7)2-1-9-4(8)5-2;;;/h5H,1,6H2,2-4H3;2H,1H2,(H,5,8)(H,6,7);;;/q+1;;;;/t;2-;;;/m.0.../s1. The van der Waals surface area contributed by atoms with E-state index >= 15 is 0 Å². The van der Waals surface area contributed by atoms with Crippen LogP contribution in [-0.4, -0.2) is 98.0 Å². The fraction of sp³-hybridized carbons (Fsp3) is 0.600. The van der Waals surface area contributed by atoms with Crippen LogP contribution in [0, 0.1) is 0 Å². The molecule has 0 aromatic heterocycles. The number of nitrogens with one attached hydrogen (secondary N) is 1. The maximum atomic E-state index is 10.3. The molecule has 1 amide bonds. The molecule has 17 heavy (non-hydrogen) atoms. The van der Waals surface area contributed by atoms with E-state index in [1.165, 1.54) is 0 Å². The summed E-state index contributed by atoms with van der Waals surface area (Å²) in [5.74, 6) is -0.623. The molecule has 0 aliphatic carbocycles. The molecule has 0 bridgehead atoms. The fourth-order valence-corrected chi connectivity index (χ4v) is 1.67. The van der Waals surface area contributed by atoms with Crippen molar-refractivity contribution in [2.45, 2.75) is 6.04 Å². The summed E-state index contributed by atoms with van der Waals surface area (Å²) < 4.78 is 0.976. The summed E-state index contributed by atoms with van der Waals surface area (Å²) in [4.78, 5) is 20.5. The Kier molecular flexibility index (Phi) is 10.6. The monoisotopic (exact) mass is 289 g/mol. The minimum absolute atomic E-state index is 0. The second-order valence-electron chi connectivity index (χ2n) is 4.40. The zero-order valence-corrected chi connectivity index (χ0v) is 10.7. The molecule has 0 spiro atoms. The van der Waals surface area contributed by atoms with Crippen molar-refractivity contribution in [3.05, 3.63) is 12.7 Å². The number of likely N-dealkylation sites (N-methyl/N-ethyl adjacent to an activating group) is 1. The Morgan fingerprint density at radius 3 is 2.29 bits per heavy atom. The molecule has 0 aromatic carbocycles. The SMILES string of the molecule is C=CC[N+](C)(C)C.O=C1N[C@H](C(=O)O)CS1.[CaH2]. The molecule has 1 heterocycles. The number of carboxylic acid groups (broad SMARTS) is 1. The van der Waals surface area contributed by atoms with Gasteiger partial charge >= 0.3 is 43.7 Å². The number of carbonyl (C=O) groups excluding carboxylic acids is 1. The molecular weight excluding hydrogens is 268 g/mol. The van der Waals surface area contributed by atoms with E-state index in [2.05, 4.69) is 33.0 Å². The number of thioether (sulfide) groups is 1. The third-order valence-corrected chi connectivity index (χ3v) is 2.53. The van der Waals surface area contributed by atoms with E-state index in [0.717, 1.165) is 22.8 Å². The first-order valence-corrected chi connectivity index (χ1v) is 5.82. The molecule has 0 saturated carbocycles. The van der Waals surface area contributed by atoms with Crippen LogP contribution in [-0.2, 0) is 4.79 Å². The number of nitrogens with zero attached hydrogens (tertiary/aromatic N) is 1. The van der Waals surface area contributed by atoms with Crippen molar-refractivity contribution in [1.29, 1.82) is 0 Å². The second kappa shape index (κ2) is 9.22. The first-order chi connectivity index (χ1) is 7.26. The average molecular weight is 289 g/mol. The fourth-order valence-electron chi connectivity index (χ4n) is 0.905. The third kappa shape index (κ3) is 11.1. The number of hydrogen-bond donors (Lipinski definition) is 2. The zero-order valence-electron chi connectivity index (χ0n) is 9.90. The van der Waals surface area contributed by atoms with Gasteiger partial charge in [0.1, 0.15) is 6.04 Å². The first-order valence-electron chi connectivity index (χ1n) is 4.83.